The summed E-state index contributed by atoms with van der Waals surface area (Å²) in [5.74, 6) is 1.96. The number of hydrogen-bond donors (Lipinski definition) is 0. The van der Waals surface area contributed by atoms with Gasteiger partial charge in [0.25, 0.3) is 0 Å². The van der Waals surface area contributed by atoms with Crippen molar-refractivity contribution < 1.29 is 0 Å². The zero-order valence-electron chi connectivity index (χ0n) is 7.98. The molecule has 2 unspecified atom stereocenters. The molecule has 0 aromatic carbocycles. The Morgan fingerprint density at radius 2 is 1.80 bits per heavy atom. The van der Waals surface area contributed by atoms with E-state index >= 15 is 0 Å². The lowest BCUT2D eigenvalue weighted by atomic mass is 9.95. The van der Waals surface area contributed by atoms with E-state index in [1.54, 1.807) is 0 Å². The Balaban J connectivity index is 3.27. The van der Waals surface area contributed by atoms with Crippen molar-refractivity contribution in [3.63, 3.8) is 0 Å². The second-order valence-electron chi connectivity index (χ2n) is 3.64. The summed E-state index contributed by atoms with van der Waals surface area (Å²) in [5.41, 5.74) is 0. The van der Waals surface area contributed by atoms with E-state index in [0.717, 1.165) is 11.8 Å². The summed E-state index contributed by atoms with van der Waals surface area (Å²) in [7, 11) is 0. The van der Waals surface area contributed by atoms with Gasteiger partial charge in [-0.15, -0.1) is 0 Å². The first kappa shape index (κ1) is 10.5. The first-order valence-electron chi connectivity index (χ1n) is 4.70. The lowest BCUT2D eigenvalue weighted by Crippen LogP contribution is -2.01. The van der Waals surface area contributed by atoms with Crippen LogP contribution in [0.1, 0.15) is 40.0 Å². The Bertz CT molecular complexity index is 71.1. The van der Waals surface area contributed by atoms with E-state index in [9.17, 15) is 0 Å². The smallest absolute Gasteiger partial charge is 0.0987 e. The maximum Gasteiger partial charge on any atom is 0.212 e. The summed E-state index contributed by atoms with van der Waals surface area (Å²) in [5, 5.41) is 1.48. The molecule has 0 saturated carbocycles. The van der Waals surface area contributed by atoms with Crippen LogP contribution in [0.2, 0.25) is 5.28 Å². The van der Waals surface area contributed by atoms with Gasteiger partial charge in [0.05, 0.1) is 0 Å². The van der Waals surface area contributed by atoms with Crippen LogP contribution < -0.4 is 0 Å². The minimum Gasteiger partial charge on any atom is -0.0987 e. The van der Waals surface area contributed by atoms with Gasteiger partial charge in [0.15, 0.2) is 0 Å². The fraction of sp³-hybridized carbons (Fsp3) is 1.00. The van der Waals surface area contributed by atoms with Crippen molar-refractivity contribution in [3.8, 4) is 0 Å². The Hall–Kier alpha value is 0.532. The van der Waals surface area contributed by atoms with Gasteiger partial charge in [0.1, 0.15) is 0 Å². The van der Waals surface area contributed by atoms with Crippen LogP contribution in [0.4, 0.5) is 0 Å². The first-order valence-corrected chi connectivity index (χ1v) is 6.12. The van der Waals surface area contributed by atoms with E-state index < -0.39 is 0 Å². The van der Waals surface area contributed by atoms with Crippen molar-refractivity contribution in [2.75, 3.05) is 0 Å². The summed E-state index contributed by atoms with van der Waals surface area (Å²) in [6.45, 7) is 7.05. The molecule has 0 N–H and O–H groups in total. The Morgan fingerprint density at radius 3 is 2.20 bits per heavy atom. The Labute approximate surface area is 73.8 Å². The van der Waals surface area contributed by atoms with Crippen molar-refractivity contribution in [1.29, 1.82) is 0 Å². The molecule has 0 aliphatic heterocycles. The minimum absolute atomic E-state index is 0.967. The SMILES string of the molecule is CCCC(C)CC(C)[CH2][AlH2]. The predicted molar refractivity (Wildman–Crippen MR) is 51.2 cm³/mol. The van der Waals surface area contributed by atoms with E-state index in [1.165, 1.54) is 40.8 Å². The summed E-state index contributed by atoms with van der Waals surface area (Å²) in [4.78, 5) is 0. The molecule has 10 heavy (non-hydrogen) atoms. The number of rotatable bonds is 5. The maximum atomic E-state index is 2.39. The highest BCUT2D eigenvalue weighted by molar-refractivity contribution is 6.08. The van der Waals surface area contributed by atoms with Crippen LogP contribution in [0.3, 0.4) is 0 Å². The van der Waals surface area contributed by atoms with Gasteiger partial charge in [-0.05, 0) is 12.3 Å². The van der Waals surface area contributed by atoms with Crippen LogP contribution >= 0.6 is 0 Å². The van der Waals surface area contributed by atoms with Gasteiger partial charge in [-0.2, -0.15) is 0 Å². The largest absolute Gasteiger partial charge is 0.212 e. The van der Waals surface area contributed by atoms with Crippen molar-refractivity contribution in [2.45, 2.75) is 45.3 Å². The molecule has 0 aromatic rings. The highest BCUT2D eigenvalue weighted by Crippen LogP contribution is 2.17. The molecule has 2 atom stereocenters. The normalized spacial score (nSPS) is 16.7. The third-order valence-corrected chi connectivity index (χ3v) is 3.68. The van der Waals surface area contributed by atoms with Crippen LogP contribution in [0.5, 0.6) is 0 Å². The molecule has 0 spiro atoms. The molecule has 0 rings (SSSR count). The molecule has 60 valence electrons. The molecule has 0 saturated heterocycles. The predicted octanol–water partition coefficient (Wildman–Crippen LogP) is 2.50. The van der Waals surface area contributed by atoms with E-state index in [2.05, 4.69) is 20.8 Å². The number of hydrogen-bond acceptors (Lipinski definition) is 0. The summed E-state index contributed by atoms with van der Waals surface area (Å²) < 4.78 is 0. The monoisotopic (exact) mass is 156 g/mol. The molecule has 0 aliphatic carbocycles. The lowest BCUT2D eigenvalue weighted by Gasteiger charge is -2.14. The fourth-order valence-corrected chi connectivity index (χ4v) is 1.80. The topological polar surface area (TPSA) is 0 Å². The third kappa shape index (κ3) is 5.33. The van der Waals surface area contributed by atoms with Crippen LogP contribution in [0.25, 0.3) is 0 Å². The van der Waals surface area contributed by atoms with Crippen molar-refractivity contribution in [1.82, 2.24) is 0 Å². The van der Waals surface area contributed by atoms with E-state index in [-0.39, 0.29) is 0 Å². The lowest BCUT2D eigenvalue weighted by molar-refractivity contribution is 0.412. The van der Waals surface area contributed by atoms with Gasteiger partial charge in [-0.25, -0.2) is 0 Å². The van der Waals surface area contributed by atoms with Gasteiger partial charge in [0.2, 0.25) is 16.3 Å². The average Bonchev–Trinajstić information content (AvgIpc) is 1.88. The second kappa shape index (κ2) is 6.26. The molecule has 0 radical (unpaired) electrons. The summed E-state index contributed by atoms with van der Waals surface area (Å²) in [6, 6.07) is 0. The van der Waals surface area contributed by atoms with Crippen LogP contribution in [0, 0.1) is 11.8 Å². The Morgan fingerprint density at radius 1 is 1.20 bits per heavy atom. The quantitative estimate of drug-likeness (QED) is 0.536. The van der Waals surface area contributed by atoms with Crippen molar-refractivity contribution in [3.05, 3.63) is 0 Å². The molecule has 0 nitrogen and oxygen atoms in total. The Kier molecular flexibility index (Phi) is 6.59. The molecule has 0 bridgehead atoms. The molecule has 0 amide bonds. The standard InChI is InChI=1S/C9H19.Al.2H/c1-5-6-9(4)7-8(2)3;;;/h8-9H,2,5-7H2,1,3-4H3;;;. The van der Waals surface area contributed by atoms with Gasteiger partial charge >= 0.3 is 0 Å². The van der Waals surface area contributed by atoms with E-state index in [4.69, 9.17) is 0 Å². The van der Waals surface area contributed by atoms with E-state index in [1.807, 2.05) is 0 Å². The minimum atomic E-state index is 0.967. The zero-order chi connectivity index (χ0) is 7.98. The maximum absolute atomic E-state index is 2.39. The van der Waals surface area contributed by atoms with Crippen molar-refractivity contribution in [2.24, 2.45) is 11.8 Å². The van der Waals surface area contributed by atoms with Crippen LogP contribution in [-0.4, -0.2) is 16.3 Å². The highest BCUT2D eigenvalue weighted by atomic mass is 27.0. The zero-order valence-corrected chi connectivity index (χ0v) is 9.98. The van der Waals surface area contributed by atoms with Crippen LogP contribution in [0.15, 0.2) is 0 Å². The van der Waals surface area contributed by atoms with Crippen molar-refractivity contribution >= 4 is 16.3 Å². The molecule has 0 heterocycles. The van der Waals surface area contributed by atoms with Gasteiger partial charge in [-0.3, -0.25) is 0 Å². The first-order chi connectivity index (χ1) is 4.70. The van der Waals surface area contributed by atoms with Gasteiger partial charge in [-0.1, -0.05) is 44.8 Å². The van der Waals surface area contributed by atoms with Crippen LogP contribution in [-0.2, 0) is 0 Å². The molecule has 0 fully saturated rings. The van der Waals surface area contributed by atoms with Gasteiger partial charge < -0.3 is 0 Å². The molecule has 0 aromatic heterocycles. The highest BCUT2D eigenvalue weighted by Gasteiger charge is 2.04. The van der Waals surface area contributed by atoms with Gasteiger partial charge in [0, 0.05) is 0 Å². The fourth-order valence-electron chi connectivity index (χ4n) is 1.46. The summed E-state index contributed by atoms with van der Waals surface area (Å²) >= 11 is 1.38. The second-order valence-corrected chi connectivity index (χ2v) is 4.46. The average molecular weight is 156 g/mol. The van der Waals surface area contributed by atoms with E-state index in [0.29, 0.717) is 0 Å². The molecule has 1 heteroatoms. The molecular weight excluding hydrogens is 135 g/mol. The molecule has 0 aliphatic rings. The summed E-state index contributed by atoms with van der Waals surface area (Å²) in [6.07, 6.45) is 4.23. The third-order valence-electron chi connectivity index (χ3n) is 2.28. The molecular formula is C9H21Al.